The van der Waals surface area contributed by atoms with Crippen molar-refractivity contribution >= 4 is 33.2 Å². The molecular weight excluding hydrogens is 433 g/mol. The highest BCUT2D eigenvalue weighted by Gasteiger charge is 2.30. The minimum Gasteiger partial charge on any atom is -0.337 e. The van der Waals surface area contributed by atoms with Crippen LogP contribution in [0.1, 0.15) is 31.4 Å². The van der Waals surface area contributed by atoms with E-state index in [4.69, 9.17) is 0 Å². The number of hydrogen-bond donors (Lipinski definition) is 2. The quantitative estimate of drug-likeness (QED) is 0.499. The molecule has 0 fully saturated rings. The van der Waals surface area contributed by atoms with Gasteiger partial charge >= 0.3 is 12.2 Å². The predicted octanol–water partition coefficient (Wildman–Crippen LogP) is 6.72. The Morgan fingerprint density at radius 2 is 1.79 bits per heavy atom. The maximum atomic E-state index is 12.8. The van der Waals surface area contributed by atoms with Crippen LogP contribution in [0.15, 0.2) is 59.6 Å². The first kappa shape index (κ1) is 22.0. The van der Waals surface area contributed by atoms with Crippen molar-refractivity contribution in [3.05, 3.63) is 70.7 Å². The van der Waals surface area contributed by atoms with Crippen molar-refractivity contribution < 1.29 is 18.0 Å². The fourth-order valence-electron chi connectivity index (χ4n) is 2.72. The zero-order valence-electron chi connectivity index (χ0n) is 15.7. The van der Waals surface area contributed by atoms with Gasteiger partial charge in [-0.3, -0.25) is 0 Å². The van der Waals surface area contributed by atoms with Crippen molar-refractivity contribution in [1.82, 2.24) is 5.32 Å². The van der Waals surface area contributed by atoms with Gasteiger partial charge in [0.1, 0.15) is 0 Å². The molecule has 0 saturated carbocycles. The van der Waals surface area contributed by atoms with Crippen molar-refractivity contribution in [2.75, 3.05) is 11.9 Å². The van der Waals surface area contributed by atoms with E-state index in [0.717, 1.165) is 27.7 Å². The number of alkyl halides is 3. The minimum absolute atomic E-state index is 0.0867. The lowest BCUT2D eigenvalue weighted by Crippen LogP contribution is -2.36. The van der Waals surface area contributed by atoms with Gasteiger partial charge in [-0.2, -0.15) is 13.2 Å². The number of carbonyl (C=O) groups is 1. The van der Waals surface area contributed by atoms with E-state index in [0.29, 0.717) is 13.0 Å². The van der Waals surface area contributed by atoms with E-state index in [1.807, 2.05) is 38.1 Å². The smallest absolute Gasteiger partial charge is 0.337 e. The summed E-state index contributed by atoms with van der Waals surface area (Å²) in [5, 5.41) is 5.16. The summed E-state index contributed by atoms with van der Waals surface area (Å²) < 4.78 is 39.2. The molecule has 7 heteroatoms. The number of carbonyl (C=O) groups excluding carboxylic acids is 1. The van der Waals surface area contributed by atoms with Crippen molar-refractivity contribution in [1.29, 1.82) is 0 Å². The standard InChI is InChI=1S/C21H22BrF3N2O/c1-14(15-6-4-8-17(22)10-15)12-20(2,3)13-26-19(28)27-18-9-5-7-16(11-18)21(23,24)25/h4-11H,1,12-13H2,2-3H3,(H2,26,27,28). The highest BCUT2D eigenvalue weighted by atomic mass is 79.9. The molecule has 0 saturated heterocycles. The van der Waals surface area contributed by atoms with Crippen LogP contribution >= 0.6 is 15.9 Å². The number of halogens is 4. The fourth-order valence-corrected chi connectivity index (χ4v) is 3.12. The second kappa shape index (κ2) is 8.82. The van der Waals surface area contributed by atoms with Gasteiger partial charge in [-0.15, -0.1) is 0 Å². The monoisotopic (exact) mass is 454 g/mol. The van der Waals surface area contributed by atoms with Crippen LogP contribution in [0.2, 0.25) is 0 Å². The summed E-state index contributed by atoms with van der Waals surface area (Å²) in [7, 11) is 0. The van der Waals surface area contributed by atoms with Crippen LogP contribution in [0.3, 0.4) is 0 Å². The van der Waals surface area contributed by atoms with E-state index in [-0.39, 0.29) is 11.1 Å². The Hall–Kier alpha value is -2.28. The molecule has 0 unspecified atom stereocenters. The number of hydrogen-bond acceptors (Lipinski definition) is 1. The Morgan fingerprint density at radius 3 is 2.43 bits per heavy atom. The largest absolute Gasteiger partial charge is 0.416 e. The summed E-state index contributed by atoms with van der Waals surface area (Å²) in [6.07, 6.45) is -3.81. The predicted molar refractivity (Wildman–Crippen MR) is 110 cm³/mol. The molecule has 2 aromatic carbocycles. The SMILES string of the molecule is C=C(CC(C)(C)CNC(=O)Nc1cccc(C(F)(F)F)c1)c1cccc(Br)c1. The van der Waals surface area contributed by atoms with Crippen LogP contribution in [0.25, 0.3) is 5.57 Å². The van der Waals surface area contributed by atoms with Crippen molar-refractivity contribution in [2.24, 2.45) is 5.41 Å². The molecule has 0 spiro atoms. The number of anilines is 1. The van der Waals surface area contributed by atoms with Crippen LogP contribution in [0, 0.1) is 5.41 Å². The van der Waals surface area contributed by atoms with Crippen LogP contribution < -0.4 is 10.6 Å². The second-order valence-corrected chi connectivity index (χ2v) is 8.26. The van der Waals surface area contributed by atoms with Gasteiger partial charge in [0, 0.05) is 16.7 Å². The topological polar surface area (TPSA) is 41.1 Å². The molecule has 0 atom stereocenters. The molecule has 0 aliphatic heterocycles. The highest BCUT2D eigenvalue weighted by molar-refractivity contribution is 9.10. The number of nitrogens with one attached hydrogen (secondary N) is 2. The van der Waals surface area contributed by atoms with Gasteiger partial charge in [0.05, 0.1) is 5.56 Å². The van der Waals surface area contributed by atoms with Gasteiger partial charge in [-0.05, 0) is 53.3 Å². The Morgan fingerprint density at radius 1 is 1.11 bits per heavy atom. The lowest BCUT2D eigenvalue weighted by molar-refractivity contribution is -0.137. The molecule has 0 radical (unpaired) electrons. The molecule has 28 heavy (non-hydrogen) atoms. The zero-order valence-corrected chi connectivity index (χ0v) is 17.2. The average Bonchev–Trinajstić information content (AvgIpc) is 2.59. The third-order valence-corrected chi connectivity index (χ3v) is 4.59. The molecule has 2 aromatic rings. The van der Waals surface area contributed by atoms with Gasteiger partial charge in [0.15, 0.2) is 0 Å². The third kappa shape index (κ3) is 6.71. The lowest BCUT2D eigenvalue weighted by atomic mass is 9.84. The first-order chi connectivity index (χ1) is 13.0. The van der Waals surface area contributed by atoms with Crippen LogP contribution in [-0.4, -0.2) is 12.6 Å². The zero-order chi connectivity index (χ0) is 20.9. The van der Waals surface area contributed by atoms with Gasteiger partial charge < -0.3 is 10.6 Å². The van der Waals surface area contributed by atoms with E-state index < -0.39 is 17.8 Å². The molecule has 2 rings (SSSR count). The van der Waals surface area contributed by atoms with Gasteiger partial charge in [-0.25, -0.2) is 4.79 Å². The summed E-state index contributed by atoms with van der Waals surface area (Å²) in [6, 6.07) is 11.8. The molecule has 150 valence electrons. The van der Waals surface area contributed by atoms with Gasteiger partial charge in [0.2, 0.25) is 0 Å². The Bertz CT molecular complexity index is 863. The summed E-state index contributed by atoms with van der Waals surface area (Å²) in [5.74, 6) is 0. The fraction of sp³-hybridized carbons (Fsp3) is 0.286. The molecule has 2 amide bonds. The number of benzene rings is 2. The van der Waals surface area contributed by atoms with Crippen LogP contribution in [-0.2, 0) is 6.18 Å². The van der Waals surface area contributed by atoms with Crippen molar-refractivity contribution in [3.63, 3.8) is 0 Å². The number of urea groups is 1. The molecule has 0 bridgehead atoms. The van der Waals surface area contributed by atoms with E-state index in [2.05, 4.69) is 33.1 Å². The Labute approximate surface area is 171 Å². The summed E-state index contributed by atoms with van der Waals surface area (Å²) in [6.45, 7) is 8.43. The molecule has 0 aliphatic carbocycles. The summed E-state index contributed by atoms with van der Waals surface area (Å²) >= 11 is 3.43. The normalized spacial score (nSPS) is 11.8. The minimum atomic E-state index is -4.46. The molecule has 0 aromatic heterocycles. The Kier molecular flexibility index (Phi) is 6.93. The lowest BCUT2D eigenvalue weighted by Gasteiger charge is -2.26. The summed E-state index contributed by atoms with van der Waals surface area (Å²) in [5.41, 5.74) is 0.937. The average molecular weight is 455 g/mol. The molecule has 0 heterocycles. The number of amides is 2. The maximum absolute atomic E-state index is 12.8. The molecule has 0 aliphatic rings. The van der Waals surface area contributed by atoms with E-state index in [9.17, 15) is 18.0 Å². The van der Waals surface area contributed by atoms with Gasteiger partial charge in [-0.1, -0.05) is 54.6 Å². The van der Waals surface area contributed by atoms with Crippen molar-refractivity contribution in [2.45, 2.75) is 26.4 Å². The van der Waals surface area contributed by atoms with Crippen molar-refractivity contribution in [3.8, 4) is 0 Å². The number of allylic oxidation sites excluding steroid dienone is 1. The molecular formula is C21H22BrF3N2O. The second-order valence-electron chi connectivity index (χ2n) is 7.34. The third-order valence-electron chi connectivity index (χ3n) is 4.10. The molecule has 2 N–H and O–H groups in total. The highest BCUT2D eigenvalue weighted by Crippen LogP contribution is 2.31. The van der Waals surface area contributed by atoms with E-state index in [1.165, 1.54) is 12.1 Å². The van der Waals surface area contributed by atoms with E-state index >= 15 is 0 Å². The van der Waals surface area contributed by atoms with Crippen LogP contribution in [0.4, 0.5) is 23.7 Å². The first-order valence-corrected chi connectivity index (χ1v) is 9.41. The Balaban J connectivity index is 1.91. The summed E-state index contributed by atoms with van der Waals surface area (Å²) in [4.78, 5) is 12.1. The maximum Gasteiger partial charge on any atom is 0.416 e. The van der Waals surface area contributed by atoms with Gasteiger partial charge in [0.25, 0.3) is 0 Å². The van der Waals surface area contributed by atoms with E-state index in [1.54, 1.807) is 0 Å². The first-order valence-electron chi connectivity index (χ1n) is 8.62. The van der Waals surface area contributed by atoms with Crippen LogP contribution in [0.5, 0.6) is 0 Å². The molecule has 3 nitrogen and oxygen atoms in total. The number of rotatable bonds is 6.